The number of halogens is 2. The van der Waals surface area contributed by atoms with Gasteiger partial charge in [0.1, 0.15) is 0 Å². The molecule has 1 rings (SSSR count). The lowest BCUT2D eigenvalue weighted by atomic mass is 9.88. The van der Waals surface area contributed by atoms with Crippen molar-refractivity contribution in [3.8, 4) is 0 Å². The van der Waals surface area contributed by atoms with Crippen LogP contribution in [0.15, 0.2) is 18.2 Å². The quantitative estimate of drug-likeness (QED) is 0.775. The lowest BCUT2D eigenvalue weighted by Gasteiger charge is -2.24. The van der Waals surface area contributed by atoms with Crippen molar-refractivity contribution in [2.75, 3.05) is 13.2 Å². The highest BCUT2D eigenvalue weighted by Gasteiger charge is 2.18. The van der Waals surface area contributed by atoms with Crippen LogP contribution in [-0.2, 0) is 11.2 Å². The zero-order valence-corrected chi connectivity index (χ0v) is 12.6. The van der Waals surface area contributed by atoms with E-state index >= 15 is 0 Å². The number of hydrogen-bond donors (Lipinski definition) is 2. The summed E-state index contributed by atoms with van der Waals surface area (Å²) in [7, 11) is 0. The SMILES string of the molecule is CC(C)(CCCO)CNC(=O)CCc1ccc(F)c(F)c1. The van der Waals surface area contributed by atoms with E-state index in [2.05, 4.69) is 5.32 Å². The van der Waals surface area contributed by atoms with Gasteiger partial charge in [-0.25, -0.2) is 8.78 Å². The predicted molar refractivity (Wildman–Crippen MR) is 77.8 cm³/mol. The van der Waals surface area contributed by atoms with Gasteiger partial charge in [0.2, 0.25) is 5.91 Å². The van der Waals surface area contributed by atoms with E-state index in [1.54, 1.807) is 0 Å². The predicted octanol–water partition coefficient (Wildman–Crippen LogP) is 2.81. The summed E-state index contributed by atoms with van der Waals surface area (Å²) in [6.07, 6.45) is 2.14. The molecule has 0 aromatic heterocycles. The number of aryl methyl sites for hydroxylation is 1. The number of benzene rings is 1. The zero-order valence-electron chi connectivity index (χ0n) is 12.6. The van der Waals surface area contributed by atoms with Gasteiger partial charge in [0, 0.05) is 19.6 Å². The number of hydrogen-bond acceptors (Lipinski definition) is 2. The van der Waals surface area contributed by atoms with E-state index in [9.17, 15) is 13.6 Å². The average molecular weight is 299 g/mol. The molecule has 21 heavy (non-hydrogen) atoms. The summed E-state index contributed by atoms with van der Waals surface area (Å²) in [6.45, 7) is 4.73. The fourth-order valence-electron chi connectivity index (χ4n) is 2.03. The van der Waals surface area contributed by atoms with Gasteiger partial charge in [0.25, 0.3) is 0 Å². The molecule has 0 spiro atoms. The molecule has 0 heterocycles. The van der Waals surface area contributed by atoms with Gasteiger partial charge >= 0.3 is 0 Å². The maximum Gasteiger partial charge on any atom is 0.220 e. The summed E-state index contributed by atoms with van der Waals surface area (Å²) in [4.78, 5) is 11.8. The van der Waals surface area contributed by atoms with Gasteiger partial charge in [0.05, 0.1) is 0 Å². The maximum atomic E-state index is 13.0. The lowest BCUT2D eigenvalue weighted by molar-refractivity contribution is -0.121. The highest BCUT2D eigenvalue weighted by Crippen LogP contribution is 2.20. The van der Waals surface area contributed by atoms with Crippen LogP contribution in [0.3, 0.4) is 0 Å². The van der Waals surface area contributed by atoms with Gasteiger partial charge in [0.15, 0.2) is 11.6 Å². The van der Waals surface area contributed by atoms with Crippen LogP contribution in [0.25, 0.3) is 0 Å². The normalized spacial score (nSPS) is 11.5. The number of amides is 1. The first kappa shape index (κ1) is 17.6. The first-order valence-electron chi connectivity index (χ1n) is 7.15. The Hall–Kier alpha value is -1.49. The van der Waals surface area contributed by atoms with Crippen LogP contribution in [0.5, 0.6) is 0 Å². The molecule has 0 fully saturated rings. The first-order chi connectivity index (χ1) is 9.84. The molecule has 0 bridgehead atoms. The third kappa shape index (κ3) is 6.67. The van der Waals surface area contributed by atoms with Crippen molar-refractivity contribution in [3.63, 3.8) is 0 Å². The summed E-state index contributed by atoms with van der Waals surface area (Å²) >= 11 is 0. The minimum atomic E-state index is -0.891. The Morgan fingerprint density at radius 3 is 2.62 bits per heavy atom. The van der Waals surface area contributed by atoms with Crippen molar-refractivity contribution in [1.29, 1.82) is 0 Å². The highest BCUT2D eigenvalue weighted by molar-refractivity contribution is 5.76. The number of carbonyl (C=O) groups is 1. The Balaban J connectivity index is 2.35. The third-order valence-electron chi connectivity index (χ3n) is 3.40. The fraction of sp³-hybridized carbons (Fsp3) is 0.562. The highest BCUT2D eigenvalue weighted by atomic mass is 19.2. The first-order valence-corrected chi connectivity index (χ1v) is 7.15. The molecule has 0 radical (unpaired) electrons. The standard InChI is InChI=1S/C16H23F2NO2/c1-16(2,8-3-9-20)11-19-15(21)7-5-12-4-6-13(17)14(18)10-12/h4,6,10,20H,3,5,7-9,11H2,1-2H3,(H,19,21). The summed E-state index contributed by atoms with van der Waals surface area (Å²) in [5.74, 6) is -1.89. The molecule has 0 atom stereocenters. The largest absolute Gasteiger partial charge is 0.396 e. The Morgan fingerprint density at radius 2 is 2.00 bits per heavy atom. The summed E-state index contributed by atoms with van der Waals surface area (Å²) in [5, 5.41) is 11.7. The van der Waals surface area contributed by atoms with E-state index < -0.39 is 11.6 Å². The Bertz CT molecular complexity index is 475. The molecule has 118 valence electrons. The van der Waals surface area contributed by atoms with E-state index in [0.717, 1.165) is 18.6 Å². The smallest absolute Gasteiger partial charge is 0.220 e. The van der Waals surface area contributed by atoms with E-state index in [-0.39, 0.29) is 24.3 Å². The summed E-state index contributed by atoms with van der Waals surface area (Å²) in [5.41, 5.74) is 0.531. The van der Waals surface area contributed by atoms with Crippen molar-refractivity contribution in [2.24, 2.45) is 5.41 Å². The molecule has 0 saturated carbocycles. The monoisotopic (exact) mass is 299 g/mol. The van der Waals surface area contributed by atoms with Crippen LogP contribution in [-0.4, -0.2) is 24.2 Å². The Morgan fingerprint density at radius 1 is 1.29 bits per heavy atom. The number of aliphatic hydroxyl groups excluding tert-OH is 1. The van der Waals surface area contributed by atoms with Crippen molar-refractivity contribution < 1.29 is 18.7 Å². The van der Waals surface area contributed by atoms with Gasteiger partial charge in [-0.15, -0.1) is 0 Å². The van der Waals surface area contributed by atoms with Gasteiger partial charge in [-0.2, -0.15) is 0 Å². The maximum absolute atomic E-state index is 13.0. The summed E-state index contributed by atoms with van der Waals surface area (Å²) < 4.78 is 25.8. The number of nitrogens with one attached hydrogen (secondary N) is 1. The molecule has 0 aliphatic rings. The van der Waals surface area contributed by atoms with Crippen LogP contribution < -0.4 is 5.32 Å². The topological polar surface area (TPSA) is 49.3 Å². The molecule has 0 saturated heterocycles. The second kappa shape index (κ2) is 8.08. The van der Waals surface area contributed by atoms with Crippen LogP contribution in [0.4, 0.5) is 8.78 Å². The van der Waals surface area contributed by atoms with Gasteiger partial charge in [-0.1, -0.05) is 19.9 Å². The van der Waals surface area contributed by atoms with Gasteiger partial charge in [-0.05, 0) is 42.4 Å². The van der Waals surface area contributed by atoms with E-state index in [0.29, 0.717) is 24.9 Å². The molecule has 5 heteroatoms. The molecular formula is C16H23F2NO2. The molecule has 0 aliphatic heterocycles. The van der Waals surface area contributed by atoms with Crippen LogP contribution in [0.2, 0.25) is 0 Å². The van der Waals surface area contributed by atoms with Crippen molar-refractivity contribution >= 4 is 5.91 Å². The molecule has 1 aromatic carbocycles. The van der Waals surface area contributed by atoms with E-state index in [4.69, 9.17) is 5.11 Å². The lowest BCUT2D eigenvalue weighted by Crippen LogP contribution is -2.34. The van der Waals surface area contributed by atoms with E-state index in [1.807, 2.05) is 13.8 Å². The fourth-order valence-corrected chi connectivity index (χ4v) is 2.03. The van der Waals surface area contributed by atoms with Crippen LogP contribution in [0.1, 0.15) is 38.7 Å². The molecule has 0 unspecified atom stereocenters. The average Bonchev–Trinajstić information content (AvgIpc) is 2.44. The molecule has 0 aliphatic carbocycles. The van der Waals surface area contributed by atoms with Crippen molar-refractivity contribution in [1.82, 2.24) is 5.32 Å². The van der Waals surface area contributed by atoms with Gasteiger partial charge < -0.3 is 10.4 Å². The molecule has 1 aromatic rings. The molecule has 1 amide bonds. The van der Waals surface area contributed by atoms with Crippen LogP contribution >= 0.6 is 0 Å². The summed E-state index contributed by atoms with van der Waals surface area (Å²) in [6, 6.07) is 3.67. The number of aliphatic hydroxyl groups is 1. The second-order valence-electron chi connectivity index (χ2n) is 6.02. The molecule has 3 nitrogen and oxygen atoms in total. The number of carbonyl (C=O) groups excluding carboxylic acids is 1. The Labute approximate surface area is 124 Å². The molecular weight excluding hydrogens is 276 g/mol. The molecule has 2 N–H and O–H groups in total. The minimum absolute atomic E-state index is 0.0691. The zero-order chi connectivity index (χ0) is 15.9. The number of rotatable bonds is 8. The van der Waals surface area contributed by atoms with Crippen molar-refractivity contribution in [2.45, 2.75) is 39.5 Å². The minimum Gasteiger partial charge on any atom is -0.396 e. The van der Waals surface area contributed by atoms with Crippen molar-refractivity contribution in [3.05, 3.63) is 35.4 Å². The second-order valence-corrected chi connectivity index (χ2v) is 6.02. The van der Waals surface area contributed by atoms with E-state index in [1.165, 1.54) is 6.07 Å². The Kier molecular flexibility index (Phi) is 6.75. The van der Waals surface area contributed by atoms with Gasteiger partial charge in [-0.3, -0.25) is 4.79 Å². The third-order valence-corrected chi connectivity index (χ3v) is 3.40. The van der Waals surface area contributed by atoms with Crippen LogP contribution in [0, 0.1) is 17.0 Å².